The van der Waals surface area contributed by atoms with Gasteiger partial charge in [-0.05, 0) is 50.3 Å². The number of aliphatic hydroxyl groups is 1. The Kier molecular flexibility index (Phi) is 4.99. The molecule has 2 unspecified atom stereocenters. The molecule has 0 saturated heterocycles. The zero-order valence-corrected chi connectivity index (χ0v) is 12.2. The molecule has 2 atom stereocenters. The molecular weight excluding hydrogens is 220 g/mol. The molecule has 0 bridgehead atoms. The van der Waals surface area contributed by atoms with Crippen LogP contribution in [-0.2, 0) is 0 Å². The van der Waals surface area contributed by atoms with E-state index in [4.69, 9.17) is 0 Å². The predicted octanol–water partition coefficient (Wildman–Crippen LogP) is 3.84. The fourth-order valence-electron chi connectivity index (χ4n) is 1.96. The first-order chi connectivity index (χ1) is 8.35. The highest BCUT2D eigenvalue weighted by molar-refractivity contribution is 5.45. The molecule has 0 aromatic heterocycles. The largest absolute Gasteiger partial charge is 0.378 e. The molecule has 0 spiro atoms. The van der Waals surface area contributed by atoms with Crippen LogP contribution in [0.25, 0.3) is 0 Å². The van der Waals surface area contributed by atoms with Crippen molar-refractivity contribution in [3.05, 3.63) is 34.9 Å². The van der Waals surface area contributed by atoms with Crippen molar-refractivity contribution in [1.29, 1.82) is 0 Å². The van der Waals surface area contributed by atoms with E-state index in [1.54, 1.807) is 6.92 Å². The van der Waals surface area contributed by atoms with Gasteiger partial charge in [-0.2, -0.15) is 0 Å². The van der Waals surface area contributed by atoms with Gasteiger partial charge in [0.15, 0.2) is 0 Å². The first kappa shape index (κ1) is 14.8. The van der Waals surface area contributed by atoms with Crippen LogP contribution in [0.4, 0.5) is 0 Å². The van der Waals surface area contributed by atoms with Crippen molar-refractivity contribution in [3.63, 3.8) is 0 Å². The number of hydrogen-bond acceptors (Lipinski definition) is 1. The van der Waals surface area contributed by atoms with Crippen LogP contribution in [0.2, 0.25) is 0 Å². The Bertz CT molecular complexity index is 460. The van der Waals surface area contributed by atoms with Gasteiger partial charge < -0.3 is 5.11 Å². The van der Waals surface area contributed by atoms with Gasteiger partial charge in [0.05, 0.1) is 0 Å². The van der Waals surface area contributed by atoms with E-state index in [9.17, 15) is 5.11 Å². The summed E-state index contributed by atoms with van der Waals surface area (Å²) in [6.07, 6.45) is 1.79. The summed E-state index contributed by atoms with van der Waals surface area (Å²) in [4.78, 5) is 0. The van der Waals surface area contributed by atoms with Gasteiger partial charge in [0, 0.05) is 5.56 Å². The summed E-state index contributed by atoms with van der Waals surface area (Å²) in [7, 11) is 0. The molecule has 1 aromatic carbocycles. The van der Waals surface area contributed by atoms with Gasteiger partial charge in [0.1, 0.15) is 5.60 Å². The van der Waals surface area contributed by atoms with E-state index in [1.165, 1.54) is 11.1 Å². The molecule has 0 amide bonds. The lowest BCUT2D eigenvalue weighted by molar-refractivity contribution is 0.0939. The molecule has 0 fully saturated rings. The van der Waals surface area contributed by atoms with E-state index in [1.807, 2.05) is 12.1 Å². The molecule has 0 saturated carbocycles. The summed E-state index contributed by atoms with van der Waals surface area (Å²) < 4.78 is 0. The molecule has 1 nitrogen and oxygen atoms in total. The molecule has 1 N–H and O–H groups in total. The molecule has 1 aromatic rings. The summed E-state index contributed by atoms with van der Waals surface area (Å²) in [5, 5.41) is 10.3. The fraction of sp³-hybridized carbons (Fsp3) is 0.529. The van der Waals surface area contributed by atoms with Crippen molar-refractivity contribution in [2.24, 2.45) is 5.92 Å². The number of hydrogen-bond donors (Lipinski definition) is 1. The minimum absolute atomic E-state index is 0.493. The number of aryl methyl sites for hydroxylation is 1. The Balaban J connectivity index is 2.90. The summed E-state index contributed by atoms with van der Waals surface area (Å²) in [5.41, 5.74) is 2.55. The summed E-state index contributed by atoms with van der Waals surface area (Å²) in [6, 6.07) is 6.10. The van der Waals surface area contributed by atoms with E-state index in [0.717, 1.165) is 18.4 Å². The second kappa shape index (κ2) is 6.07. The summed E-state index contributed by atoms with van der Waals surface area (Å²) >= 11 is 0. The lowest BCUT2D eigenvalue weighted by atomic mass is 9.91. The topological polar surface area (TPSA) is 20.2 Å². The molecule has 18 heavy (non-hydrogen) atoms. The standard InChI is InChI=1S/C17H24O/c1-6-13(2)12-17(5,18)11-10-16-9-7-8-14(3)15(16)4/h7-9,13,18H,6,12H2,1-5H3. The third-order valence-corrected chi connectivity index (χ3v) is 3.51. The van der Waals surface area contributed by atoms with Crippen molar-refractivity contribution in [2.45, 2.75) is 53.1 Å². The van der Waals surface area contributed by atoms with E-state index in [-0.39, 0.29) is 0 Å². The van der Waals surface area contributed by atoms with Gasteiger partial charge in [-0.1, -0.05) is 44.2 Å². The molecule has 98 valence electrons. The van der Waals surface area contributed by atoms with Crippen LogP contribution < -0.4 is 0 Å². The Labute approximate surface area is 111 Å². The van der Waals surface area contributed by atoms with Crippen LogP contribution >= 0.6 is 0 Å². The monoisotopic (exact) mass is 244 g/mol. The quantitative estimate of drug-likeness (QED) is 0.801. The van der Waals surface area contributed by atoms with Crippen molar-refractivity contribution in [3.8, 4) is 11.8 Å². The van der Waals surface area contributed by atoms with Gasteiger partial charge in [0.25, 0.3) is 0 Å². The van der Waals surface area contributed by atoms with Gasteiger partial charge in [-0.25, -0.2) is 0 Å². The lowest BCUT2D eigenvalue weighted by Gasteiger charge is -2.20. The maximum absolute atomic E-state index is 10.3. The highest BCUT2D eigenvalue weighted by Crippen LogP contribution is 2.19. The van der Waals surface area contributed by atoms with E-state index < -0.39 is 5.60 Å². The zero-order chi connectivity index (χ0) is 13.8. The average molecular weight is 244 g/mol. The van der Waals surface area contributed by atoms with Crippen molar-refractivity contribution < 1.29 is 5.11 Å². The van der Waals surface area contributed by atoms with E-state index in [2.05, 4.69) is 45.6 Å². The average Bonchev–Trinajstić information content (AvgIpc) is 2.30. The first-order valence-corrected chi connectivity index (χ1v) is 6.67. The van der Waals surface area contributed by atoms with Crippen molar-refractivity contribution >= 4 is 0 Å². The van der Waals surface area contributed by atoms with Crippen LogP contribution in [0.1, 0.15) is 50.3 Å². The third kappa shape index (κ3) is 4.20. The van der Waals surface area contributed by atoms with Crippen molar-refractivity contribution in [2.75, 3.05) is 0 Å². The molecule has 0 aliphatic heterocycles. The second-order valence-electron chi connectivity index (χ2n) is 5.49. The molecule has 0 radical (unpaired) electrons. The zero-order valence-electron chi connectivity index (χ0n) is 12.2. The second-order valence-corrected chi connectivity index (χ2v) is 5.49. The fourth-order valence-corrected chi connectivity index (χ4v) is 1.96. The molecular formula is C17H24O. The molecule has 0 heterocycles. The Morgan fingerprint density at radius 2 is 2.00 bits per heavy atom. The highest BCUT2D eigenvalue weighted by atomic mass is 16.3. The lowest BCUT2D eigenvalue weighted by Crippen LogP contribution is -2.24. The summed E-state index contributed by atoms with van der Waals surface area (Å²) in [6.45, 7) is 10.2. The first-order valence-electron chi connectivity index (χ1n) is 6.67. The predicted molar refractivity (Wildman–Crippen MR) is 77.5 cm³/mol. The van der Waals surface area contributed by atoms with E-state index >= 15 is 0 Å². The third-order valence-electron chi connectivity index (χ3n) is 3.51. The minimum atomic E-state index is -0.897. The Hall–Kier alpha value is -1.26. The molecule has 0 aliphatic carbocycles. The van der Waals surface area contributed by atoms with Gasteiger partial charge in [0.2, 0.25) is 0 Å². The number of benzene rings is 1. The Morgan fingerprint density at radius 1 is 1.33 bits per heavy atom. The molecule has 0 aliphatic rings. The van der Waals surface area contributed by atoms with Gasteiger partial charge >= 0.3 is 0 Å². The Morgan fingerprint density at radius 3 is 2.61 bits per heavy atom. The number of rotatable bonds is 3. The summed E-state index contributed by atoms with van der Waals surface area (Å²) in [5.74, 6) is 6.63. The smallest absolute Gasteiger partial charge is 0.123 e. The van der Waals surface area contributed by atoms with Gasteiger partial charge in [-0.15, -0.1) is 0 Å². The van der Waals surface area contributed by atoms with Crippen LogP contribution in [0, 0.1) is 31.6 Å². The van der Waals surface area contributed by atoms with Crippen molar-refractivity contribution in [1.82, 2.24) is 0 Å². The van der Waals surface area contributed by atoms with Crippen LogP contribution in [-0.4, -0.2) is 10.7 Å². The maximum atomic E-state index is 10.3. The van der Waals surface area contributed by atoms with Crippen LogP contribution in [0.15, 0.2) is 18.2 Å². The maximum Gasteiger partial charge on any atom is 0.123 e. The minimum Gasteiger partial charge on any atom is -0.378 e. The highest BCUT2D eigenvalue weighted by Gasteiger charge is 2.19. The van der Waals surface area contributed by atoms with Crippen LogP contribution in [0.5, 0.6) is 0 Å². The molecule has 1 rings (SSSR count). The van der Waals surface area contributed by atoms with Crippen LogP contribution in [0.3, 0.4) is 0 Å². The molecule has 1 heteroatoms. The normalized spacial score (nSPS) is 15.4. The van der Waals surface area contributed by atoms with Gasteiger partial charge in [-0.3, -0.25) is 0 Å². The SMILES string of the molecule is CCC(C)CC(C)(O)C#Cc1cccc(C)c1C. The van der Waals surface area contributed by atoms with E-state index in [0.29, 0.717) is 5.92 Å².